The van der Waals surface area contributed by atoms with Crippen molar-refractivity contribution in [3.05, 3.63) is 36.5 Å². The van der Waals surface area contributed by atoms with E-state index in [1.807, 2.05) is 0 Å². The van der Waals surface area contributed by atoms with Gasteiger partial charge in [-0.15, -0.1) is 0 Å². The van der Waals surface area contributed by atoms with Crippen molar-refractivity contribution in [2.45, 2.75) is 315 Å². The second kappa shape index (κ2) is 54.7. The van der Waals surface area contributed by atoms with Crippen LogP contribution in [0.5, 0.6) is 0 Å². The summed E-state index contributed by atoms with van der Waals surface area (Å²) in [4.78, 5) is 24.5. The van der Waals surface area contributed by atoms with E-state index in [2.05, 4.69) is 55.6 Å². The highest BCUT2D eigenvalue weighted by Crippen LogP contribution is 2.16. The van der Waals surface area contributed by atoms with E-state index in [1.54, 1.807) is 0 Å². The van der Waals surface area contributed by atoms with Crippen molar-refractivity contribution >= 4 is 11.9 Å². The number of carbonyl (C=O) groups excluding carboxylic acids is 2. The lowest BCUT2D eigenvalue weighted by Gasteiger charge is -2.22. The van der Waals surface area contributed by atoms with Crippen molar-refractivity contribution in [2.75, 3.05) is 13.2 Å². The quantitative estimate of drug-likeness (QED) is 0.0321. The molecule has 0 saturated heterocycles. The molecular formula is C59H111NO5. The van der Waals surface area contributed by atoms with E-state index in [-0.39, 0.29) is 18.5 Å². The van der Waals surface area contributed by atoms with Gasteiger partial charge in [0.2, 0.25) is 5.91 Å². The number of unbranched alkanes of at least 4 members (excludes halogenated alkanes) is 36. The number of aliphatic hydroxyl groups excluding tert-OH is 2. The van der Waals surface area contributed by atoms with Crippen LogP contribution in [0.15, 0.2) is 36.5 Å². The van der Waals surface area contributed by atoms with Crippen LogP contribution in [-0.2, 0) is 14.3 Å². The van der Waals surface area contributed by atoms with E-state index < -0.39 is 12.1 Å². The first kappa shape index (κ1) is 63.1. The molecule has 0 radical (unpaired) electrons. The molecule has 0 aromatic heterocycles. The maximum absolute atomic E-state index is 12.4. The number of ether oxygens (including phenoxy) is 1. The zero-order valence-corrected chi connectivity index (χ0v) is 43.5. The van der Waals surface area contributed by atoms with Gasteiger partial charge in [0, 0.05) is 12.8 Å². The van der Waals surface area contributed by atoms with Crippen molar-refractivity contribution in [2.24, 2.45) is 0 Å². The van der Waals surface area contributed by atoms with Gasteiger partial charge in [0.25, 0.3) is 0 Å². The minimum atomic E-state index is -0.666. The average molecular weight is 915 g/mol. The maximum atomic E-state index is 12.4. The van der Waals surface area contributed by atoms with Gasteiger partial charge in [-0.3, -0.25) is 9.59 Å². The number of aliphatic hydroxyl groups is 2. The van der Waals surface area contributed by atoms with Crippen molar-refractivity contribution < 1.29 is 24.5 Å². The third kappa shape index (κ3) is 51.3. The van der Waals surface area contributed by atoms with Crippen LogP contribution in [-0.4, -0.2) is 47.4 Å². The largest absolute Gasteiger partial charge is 0.466 e. The minimum Gasteiger partial charge on any atom is -0.466 e. The third-order valence-electron chi connectivity index (χ3n) is 13.2. The summed E-state index contributed by atoms with van der Waals surface area (Å²) in [5.41, 5.74) is 0. The standard InChI is InChI=1S/C59H111NO5/c1-3-5-7-9-11-13-14-15-16-23-27-30-33-37-41-45-49-53-59(64)65-54-50-46-42-38-34-31-28-25-22-20-18-17-19-21-24-26-29-32-36-40-44-48-52-58(63)60-56(55-61)57(62)51-47-43-39-35-12-10-8-6-4-2/h11,13,15-16,19,21,56-57,61-62H,3-10,12,14,17-18,20,22-55H2,1-2H3,(H,60,63)/b13-11-,16-15-,21-19-. The first-order chi connectivity index (χ1) is 32.0. The zero-order valence-electron chi connectivity index (χ0n) is 43.5. The predicted octanol–water partition coefficient (Wildman–Crippen LogP) is 17.6. The van der Waals surface area contributed by atoms with E-state index in [9.17, 15) is 19.8 Å². The molecule has 0 aromatic carbocycles. The summed E-state index contributed by atoms with van der Waals surface area (Å²) in [6, 6.07) is -0.545. The molecule has 0 aliphatic carbocycles. The molecule has 2 atom stereocenters. The smallest absolute Gasteiger partial charge is 0.305 e. The van der Waals surface area contributed by atoms with E-state index >= 15 is 0 Å². The Morgan fingerprint density at radius 3 is 1.22 bits per heavy atom. The van der Waals surface area contributed by atoms with Crippen LogP contribution in [0.3, 0.4) is 0 Å². The number of allylic oxidation sites excluding steroid dienone is 6. The molecule has 0 bridgehead atoms. The molecule has 0 saturated carbocycles. The van der Waals surface area contributed by atoms with E-state index in [0.717, 1.165) is 51.4 Å². The number of carbonyl (C=O) groups is 2. The van der Waals surface area contributed by atoms with Crippen LogP contribution in [0.25, 0.3) is 0 Å². The van der Waals surface area contributed by atoms with Gasteiger partial charge in [0.1, 0.15) is 0 Å². The summed E-state index contributed by atoms with van der Waals surface area (Å²) >= 11 is 0. The van der Waals surface area contributed by atoms with Gasteiger partial charge in [-0.25, -0.2) is 0 Å². The van der Waals surface area contributed by atoms with Crippen LogP contribution in [0.1, 0.15) is 303 Å². The Hall–Kier alpha value is -1.92. The lowest BCUT2D eigenvalue weighted by Crippen LogP contribution is -2.45. The molecule has 6 heteroatoms. The van der Waals surface area contributed by atoms with Crippen molar-refractivity contribution in [3.63, 3.8) is 0 Å². The van der Waals surface area contributed by atoms with Gasteiger partial charge >= 0.3 is 5.97 Å². The molecule has 0 spiro atoms. The lowest BCUT2D eigenvalue weighted by molar-refractivity contribution is -0.143. The van der Waals surface area contributed by atoms with Crippen LogP contribution in [0.2, 0.25) is 0 Å². The molecule has 0 aliphatic heterocycles. The Morgan fingerprint density at radius 1 is 0.431 bits per heavy atom. The highest BCUT2D eigenvalue weighted by molar-refractivity contribution is 5.76. The first-order valence-corrected chi connectivity index (χ1v) is 28.7. The Morgan fingerprint density at radius 2 is 0.769 bits per heavy atom. The zero-order chi connectivity index (χ0) is 47.2. The molecule has 0 rings (SSSR count). The molecule has 382 valence electrons. The van der Waals surface area contributed by atoms with Crippen molar-refractivity contribution in [1.82, 2.24) is 5.32 Å². The highest BCUT2D eigenvalue weighted by atomic mass is 16.5. The summed E-state index contributed by atoms with van der Waals surface area (Å²) in [5.74, 6) is -0.0429. The van der Waals surface area contributed by atoms with Crippen LogP contribution in [0, 0.1) is 0 Å². The summed E-state index contributed by atoms with van der Waals surface area (Å²) in [5, 5.41) is 23.1. The molecule has 1 amide bonds. The van der Waals surface area contributed by atoms with Gasteiger partial charge in [-0.1, -0.05) is 243 Å². The number of amides is 1. The molecule has 3 N–H and O–H groups in total. The molecule has 6 nitrogen and oxygen atoms in total. The van der Waals surface area contributed by atoms with Gasteiger partial charge in [0.15, 0.2) is 0 Å². The number of esters is 1. The topological polar surface area (TPSA) is 95.9 Å². The summed E-state index contributed by atoms with van der Waals surface area (Å²) in [6.07, 6.45) is 67.2. The number of rotatable bonds is 53. The van der Waals surface area contributed by atoms with E-state index in [0.29, 0.717) is 25.9 Å². The fraction of sp³-hybridized carbons (Fsp3) is 0.864. The van der Waals surface area contributed by atoms with Crippen molar-refractivity contribution in [1.29, 1.82) is 0 Å². The van der Waals surface area contributed by atoms with Crippen LogP contribution >= 0.6 is 0 Å². The van der Waals surface area contributed by atoms with E-state index in [4.69, 9.17) is 4.74 Å². The second-order valence-electron chi connectivity index (χ2n) is 19.6. The Bertz CT molecular complexity index is 1060. The molecule has 2 unspecified atom stereocenters. The molecule has 0 heterocycles. The summed E-state index contributed by atoms with van der Waals surface area (Å²) in [7, 11) is 0. The van der Waals surface area contributed by atoms with Crippen LogP contribution < -0.4 is 5.32 Å². The summed E-state index contributed by atoms with van der Waals surface area (Å²) in [6.45, 7) is 4.90. The predicted molar refractivity (Wildman–Crippen MR) is 283 cm³/mol. The number of hydrogen-bond acceptors (Lipinski definition) is 5. The fourth-order valence-electron chi connectivity index (χ4n) is 8.72. The SMILES string of the molecule is CCCCC/C=C\C/C=C\CCCCCCCCCC(=O)OCCCCCCCCCCCCC/C=C\CCCCCCCCCC(=O)NC(CO)C(O)CCCCCCCCCCC. The molecule has 0 aliphatic rings. The Kier molecular flexibility index (Phi) is 53.1. The third-order valence-corrected chi connectivity index (χ3v) is 13.2. The Labute approximate surface area is 404 Å². The Balaban J connectivity index is 3.39. The van der Waals surface area contributed by atoms with Crippen molar-refractivity contribution in [3.8, 4) is 0 Å². The number of hydrogen-bond donors (Lipinski definition) is 3. The van der Waals surface area contributed by atoms with Gasteiger partial charge in [-0.2, -0.15) is 0 Å². The monoisotopic (exact) mass is 914 g/mol. The normalized spacial score (nSPS) is 12.9. The summed E-state index contributed by atoms with van der Waals surface area (Å²) < 4.78 is 5.48. The van der Waals surface area contributed by atoms with Gasteiger partial charge in [-0.05, 0) is 83.5 Å². The second-order valence-corrected chi connectivity index (χ2v) is 19.6. The molecule has 0 aromatic rings. The maximum Gasteiger partial charge on any atom is 0.305 e. The first-order valence-electron chi connectivity index (χ1n) is 28.7. The van der Waals surface area contributed by atoms with Gasteiger partial charge in [0.05, 0.1) is 25.4 Å². The van der Waals surface area contributed by atoms with E-state index in [1.165, 1.54) is 218 Å². The number of nitrogens with one attached hydrogen (secondary N) is 1. The minimum absolute atomic E-state index is 0.00180. The highest BCUT2D eigenvalue weighted by Gasteiger charge is 2.20. The van der Waals surface area contributed by atoms with Gasteiger partial charge < -0.3 is 20.3 Å². The molecule has 0 fully saturated rings. The average Bonchev–Trinajstić information content (AvgIpc) is 3.31. The fourth-order valence-corrected chi connectivity index (χ4v) is 8.72. The lowest BCUT2D eigenvalue weighted by atomic mass is 10.0. The molecular weight excluding hydrogens is 803 g/mol. The molecule has 65 heavy (non-hydrogen) atoms. The van der Waals surface area contributed by atoms with Crippen LogP contribution in [0.4, 0.5) is 0 Å².